The van der Waals surface area contributed by atoms with E-state index in [4.69, 9.17) is 22.1 Å². The molecule has 1 fully saturated rings. The number of benzene rings is 4. The van der Waals surface area contributed by atoms with Gasteiger partial charge in [-0.2, -0.15) is 4.31 Å². The lowest BCUT2D eigenvalue weighted by atomic mass is 9.88. The number of hydrogen-bond acceptors (Lipinski definition) is 4. The Balaban J connectivity index is 1.23. The summed E-state index contributed by atoms with van der Waals surface area (Å²) in [6.07, 6.45) is 3.21. The highest BCUT2D eigenvalue weighted by molar-refractivity contribution is 7.89. The molecule has 0 aliphatic carbocycles. The van der Waals surface area contributed by atoms with Crippen LogP contribution in [0.4, 0.5) is 0 Å². The number of carbonyl (C=O) groups is 1. The zero-order chi connectivity index (χ0) is 28.6. The summed E-state index contributed by atoms with van der Waals surface area (Å²) < 4.78 is 34.5. The van der Waals surface area contributed by atoms with Crippen molar-refractivity contribution < 1.29 is 17.9 Å². The number of H-pyrrole nitrogens is 1. The number of carbonyl (C=O) groups excluding carboxylic acids is 1. The molecule has 1 amide bonds. The number of sulfonamides is 1. The molecule has 3 N–H and O–H groups in total. The van der Waals surface area contributed by atoms with E-state index in [0.717, 1.165) is 22.1 Å². The maximum Gasteiger partial charge on any atom is 0.250 e. The van der Waals surface area contributed by atoms with Gasteiger partial charge in [-0.1, -0.05) is 60.1 Å². The number of aromatic amines is 1. The maximum absolute atomic E-state index is 13.6. The molecular weight excluding hydrogens is 558 g/mol. The van der Waals surface area contributed by atoms with Crippen molar-refractivity contribution in [3.8, 4) is 22.6 Å². The minimum Gasteiger partial charge on any atom is -0.456 e. The summed E-state index contributed by atoms with van der Waals surface area (Å²) in [5.41, 5.74) is 9.85. The third kappa shape index (κ3) is 5.34. The fourth-order valence-corrected chi connectivity index (χ4v) is 7.17. The minimum atomic E-state index is -3.73. The van der Waals surface area contributed by atoms with Crippen LogP contribution in [0.3, 0.4) is 0 Å². The van der Waals surface area contributed by atoms with Crippen LogP contribution in [0.1, 0.15) is 34.7 Å². The Morgan fingerprint density at radius 3 is 2.37 bits per heavy atom. The number of para-hydroxylation sites is 1. The number of piperidine rings is 1. The molecule has 0 atom stereocenters. The Hall–Kier alpha value is -4.11. The van der Waals surface area contributed by atoms with E-state index in [1.165, 1.54) is 10.4 Å². The van der Waals surface area contributed by atoms with E-state index in [9.17, 15) is 13.2 Å². The van der Waals surface area contributed by atoms with E-state index < -0.39 is 15.9 Å². The van der Waals surface area contributed by atoms with Crippen LogP contribution in [0.25, 0.3) is 22.0 Å². The van der Waals surface area contributed by atoms with Crippen LogP contribution in [0.5, 0.6) is 11.5 Å². The Kier molecular flexibility index (Phi) is 7.30. The number of primary amides is 1. The van der Waals surface area contributed by atoms with Crippen molar-refractivity contribution in [3.63, 3.8) is 0 Å². The second-order valence-electron chi connectivity index (χ2n) is 10.1. The average Bonchev–Trinajstić information content (AvgIpc) is 3.42. The van der Waals surface area contributed by atoms with Gasteiger partial charge in [0.2, 0.25) is 10.0 Å². The van der Waals surface area contributed by atoms with E-state index in [1.807, 2.05) is 42.6 Å². The van der Waals surface area contributed by atoms with Gasteiger partial charge in [0.05, 0.1) is 21.0 Å². The summed E-state index contributed by atoms with van der Waals surface area (Å²) in [6, 6.07) is 27.3. The molecule has 0 bridgehead atoms. The molecule has 0 unspecified atom stereocenters. The summed E-state index contributed by atoms with van der Waals surface area (Å²) in [7, 11) is -3.73. The van der Waals surface area contributed by atoms with Crippen LogP contribution in [-0.4, -0.2) is 36.7 Å². The van der Waals surface area contributed by atoms with E-state index in [-0.39, 0.29) is 10.8 Å². The smallest absolute Gasteiger partial charge is 0.250 e. The van der Waals surface area contributed by atoms with Crippen molar-refractivity contribution in [1.29, 1.82) is 0 Å². The SMILES string of the molecule is NC(=O)c1cc(-c2ccccc2)cc2c(C3CCN(S(=O)(=O)c4cccc(Oc5ccccc5Cl)c4)CC3)c[nH]c12. The Bertz CT molecular complexity index is 1850. The first-order valence-electron chi connectivity index (χ1n) is 13.3. The number of amides is 1. The minimum absolute atomic E-state index is 0.122. The molecule has 9 heteroatoms. The first-order chi connectivity index (χ1) is 19.8. The van der Waals surface area contributed by atoms with Gasteiger partial charge in [-0.15, -0.1) is 0 Å². The topological polar surface area (TPSA) is 105 Å². The molecule has 1 aliphatic heterocycles. The first kappa shape index (κ1) is 27.1. The van der Waals surface area contributed by atoms with Crippen LogP contribution in [0.2, 0.25) is 5.02 Å². The van der Waals surface area contributed by atoms with Crippen LogP contribution in [0.15, 0.2) is 102 Å². The summed E-state index contributed by atoms with van der Waals surface area (Å²) in [5, 5.41) is 1.38. The number of aromatic nitrogens is 1. The lowest BCUT2D eigenvalue weighted by Crippen LogP contribution is -2.37. The Labute approximate surface area is 243 Å². The molecule has 41 heavy (non-hydrogen) atoms. The maximum atomic E-state index is 13.6. The lowest BCUT2D eigenvalue weighted by Gasteiger charge is -2.31. The second kappa shape index (κ2) is 11.0. The van der Waals surface area contributed by atoms with E-state index in [1.54, 1.807) is 42.5 Å². The van der Waals surface area contributed by atoms with Crippen molar-refractivity contribution in [2.45, 2.75) is 23.7 Å². The second-order valence-corrected chi connectivity index (χ2v) is 12.5. The molecule has 1 aliphatic rings. The molecule has 208 valence electrons. The number of rotatable bonds is 7. The van der Waals surface area contributed by atoms with Crippen molar-refractivity contribution >= 4 is 38.4 Å². The quantitative estimate of drug-likeness (QED) is 0.216. The summed E-state index contributed by atoms with van der Waals surface area (Å²) in [6.45, 7) is 0.743. The zero-order valence-electron chi connectivity index (χ0n) is 22.1. The van der Waals surface area contributed by atoms with Gasteiger partial charge in [-0.05, 0) is 71.8 Å². The van der Waals surface area contributed by atoms with Crippen LogP contribution >= 0.6 is 11.6 Å². The molecule has 4 aromatic carbocycles. The Morgan fingerprint density at radius 2 is 1.63 bits per heavy atom. The fourth-order valence-electron chi connectivity index (χ4n) is 5.49. The highest BCUT2D eigenvalue weighted by Gasteiger charge is 2.31. The number of fused-ring (bicyclic) bond motifs is 1. The predicted octanol–water partition coefficient (Wildman–Crippen LogP) is 6.95. The van der Waals surface area contributed by atoms with Crippen molar-refractivity contribution in [2.75, 3.05) is 13.1 Å². The van der Waals surface area contributed by atoms with Gasteiger partial charge in [0, 0.05) is 30.7 Å². The molecule has 0 radical (unpaired) electrons. The monoisotopic (exact) mass is 585 g/mol. The van der Waals surface area contributed by atoms with Gasteiger partial charge in [-0.25, -0.2) is 8.42 Å². The van der Waals surface area contributed by atoms with Crippen molar-refractivity contribution in [2.24, 2.45) is 5.73 Å². The molecule has 7 nitrogen and oxygen atoms in total. The van der Waals surface area contributed by atoms with Gasteiger partial charge < -0.3 is 15.5 Å². The third-order valence-corrected chi connectivity index (χ3v) is 9.80. The average molecular weight is 586 g/mol. The van der Waals surface area contributed by atoms with E-state index >= 15 is 0 Å². The number of nitrogens with two attached hydrogens (primary N) is 1. The Morgan fingerprint density at radius 1 is 0.902 bits per heavy atom. The predicted molar refractivity (Wildman–Crippen MR) is 161 cm³/mol. The molecule has 5 aromatic rings. The van der Waals surface area contributed by atoms with Gasteiger partial charge in [0.1, 0.15) is 11.5 Å². The van der Waals surface area contributed by atoms with Crippen molar-refractivity contribution in [1.82, 2.24) is 9.29 Å². The standard InChI is InChI=1S/C32H28ClN3O4S/c33-29-11-4-5-12-30(29)40-24-9-6-10-25(19-24)41(38,39)36-15-13-22(14-16-36)28-20-35-31-26(28)17-23(18-27(31)32(34)37)21-7-2-1-3-8-21/h1-12,17-20,22,35H,13-16H2,(H2,34,37). The van der Waals surface area contributed by atoms with Gasteiger partial charge in [0.15, 0.2) is 0 Å². The fraction of sp³-hybridized carbons (Fsp3) is 0.156. The largest absolute Gasteiger partial charge is 0.456 e. The molecule has 0 saturated carbocycles. The number of ether oxygens (including phenoxy) is 1. The van der Waals surface area contributed by atoms with E-state index in [0.29, 0.717) is 53.5 Å². The van der Waals surface area contributed by atoms with Gasteiger partial charge in [-0.3, -0.25) is 4.79 Å². The molecule has 1 saturated heterocycles. The number of halogens is 1. The summed E-state index contributed by atoms with van der Waals surface area (Å²) in [4.78, 5) is 15.8. The highest BCUT2D eigenvalue weighted by Crippen LogP contribution is 2.38. The van der Waals surface area contributed by atoms with Gasteiger partial charge in [0.25, 0.3) is 5.91 Å². The zero-order valence-corrected chi connectivity index (χ0v) is 23.7. The van der Waals surface area contributed by atoms with Crippen LogP contribution in [-0.2, 0) is 10.0 Å². The molecule has 6 rings (SSSR count). The molecule has 2 heterocycles. The number of hydrogen-bond donors (Lipinski definition) is 2. The molecular formula is C32H28ClN3O4S. The van der Waals surface area contributed by atoms with Gasteiger partial charge >= 0.3 is 0 Å². The van der Waals surface area contributed by atoms with E-state index in [2.05, 4.69) is 11.1 Å². The normalized spacial score (nSPS) is 14.8. The number of nitrogens with zero attached hydrogens (tertiary/aromatic N) is 1. The third-order valence-electron chi connectivity index (χ3n) is 7.60. The molecule has 0 spiro atoms. The summed E-state index contributed by atoms with van der Waals surface area (Å²) >= 11 is 6.21. The van der Waals surface area contributed by atoms with Crippen LogP contribution in [0, 0.1) is 0 Å². The first-order valence-corrected chi connectivity index (χ1v) is 15.2. The highest BCUT2D eigenvalue weighted by atomic mass is 35.5. The number of nitrogens with one attached hydrogen (secondary N) is 1. The molecule has 1 aromatic heterocycles. The lowest BCUT2D eigenvalue weighted by molar-refractivity contribution is 0.100. The van der Waals surface area contributed by atoms with Crippen LogP contribution < -0.4 is 10.5 Å². The van der Waals surface area contributed by atoms with Crippen molar-refractivity contribution in [3.05, 3.63) is 113 Å². The summed E-state index contributed by atoms with van der Waals surface area (Å²) in [5.74, 6) is 0.477.